The largest absolute Gasteiger partial charge is 0.465 e. The quantitative estimate of drug-likeness (QED) is 0.802. The smallest absolute Gasteiger partial charge is 0.409 e. The number of nitrogens with one attached hydrogen (secondary N) is 1. The fourth-order valence-corrected chi connectivity index (χ4v) is 1.20. The molecule has 0 fully saturated rings. The number of hydrogen-bond acceptors (Lipinski definition) is 1. The van der Waals surface area contributed by atoms with Crippen molar-refractivity contribution < 1.29 is 14.3 Å². The summed E-state index contributed by atoms with van der Waals surface area (Å²) in [6.07, 6.45) is -1.28. The minimum Gasteiger partial charge on any atom is -0.465 e. The van der Waals surface area contributed by atoms with Crippen molar-refractivity contribution in [2.45, 2.75) is 6.92 Å². The van der Waals surface area contributed by atoms with Gasteiger partial charge in [-0.15, -0.1) is 0 Å². The van der Waals surface area contributed by atoms with E-state index in [-0.39, 0.29) is 10.2 Å². The third-order valence-corrected chi connectivity index (χ3v) is 2.49. The van der Waals surface area contributed by atoms with E-state index in [1.165, 1.54) is 6.07 Å². The molecule has 0 heterocycles. The summed E-state index contributed by atoms with van der Waals surface area (Å²) in [6.45, 7) is 1.72. The van der Waals surface area contributed by atoms with Gasteiger partial charge in [-0.05, 0) is 34.5 Å². The van der Waals surface area contributed by atoms with Crippen molar-refractivity contribution >= 4 is 27.7 Å². The van der Waals surface area contributed by atoms with E-state index in [0.29, 0.717) is 5.56 Å². The Kier molecular flexibility index (Phi) is 2.87. The van der Waals surface area contributed by atoms with Crippen LogP contribution < -0.4 is 5.32 Å². The Labute approximate surface area is 82.7 Å². The second kappa shape index (κ2) is 3.74. The first-order valence-corrected chi connectivity index (χ1v) is 4.26. The number of amides is 1. The number of carbonyl (C=O) groups is 1. The zero-order valence-corrected chi connectivity index (χ0v) is 8.35. The predicted octanol–water partition coefficient (Wildman–Crippen LogP) is 2.99. The molecule has 0 unspecified atom stereocenters. The van der Waals surface area contributed by atoms with Crippen LogP contribution in [-0.2, 0) is 0 Å². The standard InChI is InChI=1S/C8H7BrFNO2/c1-4-2-3-5(11-8(12)13)7(10)6(4)9/h2-3,11H,1H3,(H,12,13). The van der Waals surface area contributed by atoms with E-state index in [0.717, 1.165) is 0 Å². The first-order chi connectivity index (χ1) is 6.02. The maximum Gasteiger partial charge on any atom is 0.409 e. The molecule has 0 radical (unpaired) electrons. The highest BCUT2D eigenvalue weighted by Crippen LogP contribution is 2.26. The molecule has 1 aromatic rings. The zero-order valence-electron chi connectivity index (χ0n) is 6.77. The van der Waals surface area contributed by atoms with Crippen LogP contribution in [0.15, 0.2) is 16.6 Å². The van der Waals surface area contributed by atoms with Gasteiger partial charge in [-0.1, -0.05) is 6.07 Å². The Morgan fingerprint density at radius 1 is 1.62 bits per heavy atom. The molecule has 1 amide bonds. The van der Waals surface area contributed by atoms with Crippen LogP contribution in [0.25, 0.3) is 0 Å². The normalized spacial score (nSPS) is 9.77. The molecule has 0 aliphatic heterocycles. The highest BCUT2D eigenvalue weighted by molar-refractivity contribution is 9.10. The van der Waals surface area contributed by atoms with Crippen molar-refractivity contribution in [3.63, 3.8) is 0 Å². The van der Waals surface area contributed by atoms with E-state index in [9.17, 15) is 9.18 Å². The molecule has 70 valence electrons. The zero-order chi connectivity index (χ0) is 10.0. The Morgan fingerprint density at radius 3 is 2.77 bits per heavy atom. The molecule has 3 nitrogen and oxygen atoms in total. The third-order valence-electron chi connectivity index (χ3n) is 1.52. The average Bonchev–Trinajstić information content (AvgIpc) is 2.06. The molecule has 0 saturated carbocycles. The molecule has 0 aliphatic rings. The monoisotopic (exact) mass is 247 g/mol. The topological polar surface area (TPSA) is 49.3 Å². The molecule has 1 rings (SSSR count). The lowest BCUT2D eigenvalue weighted by Crippen LogP contribution is -2.09. The van der Waals surface area contributed by atoms with Crippen LogP contribution in [0.5, 0.6) is 0 Å². The van der Waals surface area contributed by atoms with Crippen LogP contribution in [-0.4, -0.2) is 11.2 Å². The van der Waals surface area contributed by atoms with E-state index in [2.05, 4.69) is 15.9 Å². The summed E-state index contributed by atoms with van der Waals surface area (Å²) in [4.78, 5) is 10.2. The number of hydrogen-bond donors (Lipinski definition) is 2. The van der Waals surface area contributed by atoms with Gasteiger partial charge in [-0.3, -0.25) is 5.32 Å². The van der Waals surface area contributed by atoms with E-state index >= 15 is 0 Å². The molecule has 0 atom stereocenters. The number of benzene rings is 1. The van der Waals surface area contributed by atoms with Crippen molar-refractivity contribution in [2.24, 2.45) is 0 Å². The van der Waals surface area contributed by atoms with Crippen molar-refractivity contribution in [3.05, 3.63) is 28.0 Å². The SMILES string of the molecule is Cc1ccc(NC(=O)O)c(F)c1Br. The van der Waals surface area contributed by atoms with Crippen LogP contribution >= 0.6 is 15.9 Å². The third kappa shape index (κ3) is 2.18. The molecule has 0 aliphatic carbocycles. The number of carboxylic acid groups (broad SMARTS) is 1. The van der Waals surface area contributed by atoms with Gasteiger partial charge in [0.1, 0.15) is 0 Å². The summed E-state index contributed by atoms with van der Waals surface area (Å²) in [5, 5.41) is 10.3. The number of halogens is 2. The summed E-state index contributed by atoms with van der Waals surface area (Å²) in [7, 11) is 0. The van der Waals surface area contributed by atoms with Crippen LogP contribution in [0.3, 0.4) is 0 Å². The van der Waals surface area contributed by atoms with Gasteiger partial charge in [0, 0.05) is 0 Å². The van der Waals surface area contributed by atoms with Crippen molar-refractivity contribution in [1.29, 1.82) is 0 Å². The highest BCUT2D eigenvalue weighted by atomic mass is 79.9. The Balaban J connectivity index is 3.10. The summed E-state index contributed by atoms with van der Waals surface area (Å²) >= 11 is 3.01. The van der Waals surface area contributed by atoms with Gasteiger partial charge < -0.3 is 5.11 Å². The minimum atomic E-state index is -1.28. The van der Waals surface area contributed by atoms with E-state index in [1.807, 2.05) is 5.32 Å². The van der Waals surface area contributed by atoms with Crippen molar-refractivity contribution in [2.75, 3.05) is 5.32 Å². The molecule has 0 saturated heterocycles. The molecule has 2 N–H and O–H groups in total. The maximum atomic E-state index is 13.3. The Bertz CT molecular complexity index is 354. The second-order valence-electron chi connectivity index (χ2n) is 2.49. The predicted molar refractivity (Wildman–Crippen MR) is 50.5 cm³/mol. The van der Waals surface area contributed by atoms with E-state index < -0.39 is 11.9 Å². The van der Waals surface area contributed by atoms with Gasteiger partial charge in [0.05, 0.1) is 10.2 Å². The molecular weight excluding hydrogens is 241 g/mol. The van der Waals surface area contributed by atoms with Gasteiger partial charge in [-0.2, -0.15) is 0 Å². The van der Waals surface area contributed by atoms with E-state index in [1.54, 1.807) is 13.0 Å². The van der Waals surface area contributed by atoms with Gasteiger partial charge in [0.25, 0.3) is 0 Å². The number of aryl methyl sites for hydroxylation is 1. The van der Waals surface area contributed by atoms with Gasteiger partial charge in [-0.25, -0.2) is 9.18 Å². The molecule has 1 aromatic carbocycles. The van der Waals surface area contributed by atoms with Crippen molar-refractivity contribution in [3.8, 4) is 0 Å². The number of rotatable bonds is 1. The number of anilines is 1. The second-order valence-corrected chi connectivity index (χ2v) is 3.28. The average molecular weight is 248 g/mol. The lowest BCUT2D eigenvalue weighted by molar-refractivity contribution is 0.209. The summed E-state index contributed by atoms with van der Waals surface area (Å²) < 4.78 is 13.5. The van der Waals surface area contributed by atoms with Gasteiger partial charge in [0.2, 0.25) is 0 Å². The first kappa shape index (κ1) is 9.98. The maximum absolute atomic E-state index is 13.3. The van der Waals surface area contributed by atoms with E-state index in [4.69, 9.17) is 5.11 Å². The first-order valence-electron chi connectivity index (χ1n) is 3.47. The fourth-order valence-electron chi connectivity index (χ4n) is 0.858. The van der Waals surface area contributed by atoms with Crippen LogP contribution in [0.1, 0.15) is 5.56 Å². The van der Waals surface area contributed by atoms with Crippen molar-refractivity contribution in [1.82, 2.24) is 0 Å². The molecule has 5 heteroatoms. The van der Waals surface area contributed by atoms with Gasteiger partial charge in [0.15, 0.2) is 5.82 Å². The lowest BCUT2D eigenvalue weighted by Gasteiger charge is -2.05. The minimum absolute atomic E-state index is 0.0509. The molecular formula is C8H7BrFNO2. The summed E-state index contributed by atoms with van der Waals surface area (Å²) in [5.74, 6) is -0.595. The molecule has 13 heavy (non-hydrogen) atoms. The molecule has 0 bridgehead atoms. The summed E-state index contributed by atoms with van der Waals surface area (Å²) in [6, 6.07) is 3.00. The Morgan fingerprint density at radius 2 is 2.23 bits per heavy atom. The van der Waals surface area contributed by atoms with Gasteiger partial charge >= 0.3 is 6.09 Å². The Hall–Kier alpha value is -1.10. The van der Waals surface area contributed by atoms with Crippen LogP contribution in [0, 0.1) is 12.7 Å². The lowest BCUT2D eigenvalue weighted by atomic mass is 10.2. The molecule has 0 spiro atoms. The summed E-state index contributed by atoms with van der Waals surface area (Å²) in [5.41, 5.74) is 0.665. The molecule has 0 aromatic heterocycles. The van der Waals surface area contributed by atoms with Crippen LogP contribution in [0.4, 0.5) is 14.9 Å². The highest BCUT2D eigenvalue weighted by Gasteiger charge is 2.10. The van der Waals surface area contributed by atoms with Crippen LogP contribution in [0.2, 0.25) is 0 Å². The fraction of sp³-hybridized carbons (Fsp3) is 0.125.